The maximum Gasteiger partial charge on any atom is 0.267 e. The topological polar surface area (TPSA) is 88.6 Å². The molecule has 0 bridgehead atoms. The molecule has 7 nitrogen and oxygen atoms in total. The van der Waals surface area contributed by atoms with Crippen LogP contribution in [0.2, 0.25) is 4.34 Å². The summed E-state index contributed by atoms with van der Waals surface area (Å²) in [7, 11) is -3.66. The van der Waals surface area contributed by atoms with Gasteiger partial charge >= 0.3 is 0 Å². The van der Waals surface area contributed by atoms with E-state index in [0.29, 0.717) is 46.9 Å². The number of carbonyl (C=O) groups excluding carboxylic acids is 1. The number of amides is 1. The number of nitrogens with zero attached hydrogens (tertiary/aromatic N) is 2. The van der Waals surface area contributed by atoms with E-state index in [1.54, 1.807) is 25.1 Å². The third-order valence-corrected chi connectivity index (χ3v) is 9.30. The summed E-state index contributed by atoms with van der Waals surface area (Å²) in [6.07, 6.45) is 0. The van der Waals surface area contributed by atoms with Crippen molar-refractivity contribution in [3.05, 3.63) is 50.8 Å². The highest BCUT2D eigenvalue weighted by molar-refractivity contribution is 7.89. The average molecular weight is 498 g/mol. The minimum Gasteiger partial charge on any atom is -0.379 e. The van der Waals surface area contributed by atoms with Crippen molar-refractivity contribution < 1.29 is 17.9 Å². The summed E-state index contributed by atoms with van der Waals surface area (Å²) >= 11 is 8.69. The number of morpholine rings is 1. The number of halogens is 1. The maximum absolute atomic E-state index is 13.0. The molecule has 4 rings (SSSR count). The SMILES string of the molecule is Cc1ccc(S(=O)(=O)N2CCOCC2)cc1NC(=O)c1sc(-c2ccc(Cl)s2)nc1C. The van der Waals surface area contributed by atoms with Crippen LogP contribution in [0.1, 0.15) is 20.9 Å². The van der Waals surface area contributed by atoms with Gasteiger partial charge in [0.2, 0.25) is 10.0 Å². The number of aryl methyl sites for hydroxylation is 2. The van der Waals surface area contributed by atoms with Gasteiger partial charge in [-0.3, -0.25) is 4.79 Å². The van der Waals surface area contributed by atoms with E-state index in [1.165, 1.54) is 33.0 Å². The zero-order valence-corrected chi connectivity index (χ0v) is 20.1. The molecule has 2 aromatic heterocycles. The molecule has 1 fully saturated rings. The monoisotopic (exact) mass is 497 g/mol. The molecule has 1 aliphatic rings. The van der Waals surface area contributed by atoms with E-state index in [1.807, 2.05) is 13.0 Å². The fourth-order valence-electron chi connectivity index (χ4n) is 3.15. The van der Waals surface area contributed by atoms with Gasteiger partial charge in [-0.15, -0.1) is 22.7 Å². The number of benzene rings is 1. The molecule has 0 spiro atoms. The number of aromatic nitrogens is 1. The second-order valence-corrected chi connectivity index (χ2v) is 11.6. The van der Waals surface area contributed by atoms with Crippen molar-refractivity contribution in [2.45, 2.75) is 18.7 Å². The quantitative estimate of drug-likeness (QED) is 0.563. The molecule has 0 unspecified atom stereocenters. The van der Waals surface area contributed by atoms with Crippen LogP contribution in [0.5, 0.6) is 0 Å². The van der Waals surface area contributed by atoms with Gasteiger partial charge in [-0.2, -0.15) is 4.31 Å². The molecule has 0 aliphatic carbocycles. The lowest BCUT2D eigenvalue weighted by Gasteiger charge is -2.26. The van der Waals surface area contributed by atoms with Crippen molar-refractivity contribution in [2.75, 3.05) is 31.6 Å². The van der Waals surface area contributed by atoms with E-state index in [2.05, 4.69) is 10.3 Å². The van der Waals surface area contributed by atoms with Gasteiger partial charge in [0.1, 0.15) is 9.88 Å². The Balaban J connectivity index is 1.59. The van der Waals surface area contributed by atoms with Crippen LogP contribution in [0, 0.1) is 13.8 Å². The first-order valence-corrected chi connectivity index (χ1v) is 12.9. The zero-order chi connectivity index (χ0) is 22.2. The standard InChI is InChI=1S/C20H20ClN3O4S3/c1-12-3-4-14(31(26,27)24-7-9-28-10-8-24)11-15(12)23-19(25)18-13(2)22-20(30-18)16-5-6-17(21)29-16/h3-6,11H,7-10H2,1-2H3,(H,23,25). The first-order valence-electron chi connectivity index (χ1n) is 9.49. The van der Waals surface area contributed by atoms with Gasteiger partial charge in [0, 0.05) is 18.8 Å². The first-order chi connectivity index (χ1) is 14.8. The summed E-state index contributed by atoms with van der Waals surface area (Å²) in [4.78, 5) is 19.0. The molecule has 1 aliphatic heterocycles. The average Bonchev–Trinajstić information content (AvgIpc) is 3.35. The minimum absolute atomic E-state index is 0.144. The van der Waals surface area contributed by atoms with Crippen LogP contribution in [-0.4, -0.2) is 49.9 Å². The Kier molecular flexibility index (Phi) is 6.47. The first kappa shape index (κ1) is 22.4. The maximum atomic E-state index is 13.0. The Bertz CT molecular complexity index is 1230. The number of thiazole rings is 1. The molecule has 0 saturated carbocycles. The summed E-state index contributed by atoms with van der Waals surface area (Å²) in [6.45, 7) is 4.96. The van der Waals surface area contributed by atoms with Gasteiger partial charge in [-0.05, 0) is 43.7 Å². The molecule has 164 valence electrons. The zero-order valence-electron chi connectivity index (χ0n) is 16.8. The van der Waals surface area contributed by atoms with Crippen LogP contribution < -0.4 is 5.32 Å². The number of rotatable bonds is 5. The normalized spacial score (nSPS) is 15.2. The lowest BCUT2D eigenvalue weighted by molar-refractivity contribution is 0.0730. The van der Waals surface area contributed by atoms with Gasteiger partial charge < -0.3 is 10.1 Å². The number of ether oxygens (including phenoxy) is 1. The van der Waals surface area contributed by atoms with Crippen molar-refractivity contribution in [1.82, 2.24) is 9.29 Å². The Hall–Kier alpha value is -1.82. The molecule has 1 aromatic carbocycles. The van der Waals surface area contributed by atoms with Crippen molar-refractivity contribution in [2.24, 2.45) is 0 Å². The fraction of sp³-hybridized carbons (Fsp3) is 0.300. The minimum atomic E-state index is -3.66. The number of hydrogen-bond donors (Lipinski definition) is 1. The lowest BCUT2D eigenvalue weighted by atomic mass is 10.2. The number of carbonyl (C=O) groups is 1. The summed E-state index contributed by atoms with van der Waals surface area (Å²) in [5, 5.41) is 3.58. The van der Waals surface area contributed by atoms with Crippen LogP contribution in [0.15, 0.2) is 35.2 Å². The van der Waals surface area contributed by atoms with Crippen LogP contribution in [-0.2, 0) is 14.8 Å². The highest BCUT2D eigenvalue weighted by Crippen LogP contribution is 2.35. The number of anilines is 1. The molecular weight excluding hydrogens is 478 g/mol. The number of hydrogen-bond acceptors (Lipinski definition) is 7. The Morgan fingerprint density at radius 1 is 1.16 bits per heavy atom. The van der Waals surface area contributed by atoms with Gasteiger partial charge in [-0.25, -0.2) is 13.4 Å². The molecule has 1 amide bonds. The van der Waals surface area contributed by atoms with Crippen LogP contribution in [0.25, 0.3) is 9.88 Å². The van der Waals surface area contributed by atoms with Crippen molar-refractivity contribution in [1.29, 1.82) is 0 Å². The summed E-state index contributed by atoms with van der Waals surface area (Å²) in [5.41, 5.74) is 1.83. The molecule has 0 radical (unpaired) electrons. The lowest BCUT2D eigenvalue weighted by Crippen LogP contribution is -2.40. The number of sulfonamides is 1. The van der Waals surface area contributed by atoms with E-state index < -0.39 is 10.0 Å². The molecular formula is C20H20ClN3O4S3. The second-order valence-electron chi connectivity index (χ2n) is 6.98. The summed E-state index contributed by atoms with van der Waals surface area (Å²) < 4.78 is 33.2. The Morgan fingerprint density at radius 2 is 1.90 bits per heavy atom. The van der Waals surface area contributed by atoms with E-state index in [9.17, 15) is 13.2 Å². The summed E-state index contributed by atoms with van der Waals surface area (Å²) in [5.74, 6) is -0.326. The molecule has 3 heterocycles. The largest absolute Gasteiger partial charge is 0.379 e. The second kappa shape index (κ2) is 8.97. The predicted octanol–water partition coefficient (Wildman–Crippen LogP) is 4.42. The Morgan fingerprint density at radius 3 is 2.58 bits per heavy atom. The third-order valence-electron chi connectivity index (χ3n) is 4.85. The number of thiophene rings is 1. The molecule has 1 saturated heterocycles. The van der Waals surface area contributed by atoms with E-state index in [4.69, 9.17) is 16.3 Å². The highest BCUT2D eigenvalue weighted by Gasteiger charge is 2.27. The van der Waals surface area contributed by atoms with Gasteiger partial charge in [0.25, 0.3) is 5.91 Å². The predicted molar refractivity (Wildman–Crippen MR) is 124 cm³/mol. The van der Waals surface area contributed by atoms with Crippen molar-refractivity contribution in [3.63, 3.8) is 0 Å². The molecule has 0 atom stereocenters. The third kappa shape index (κ3) is 4.69. The van der Waals surface area contributed by atoms with Gasteiger partial charge in [0.15, 0.2) is 0 Å². The van der Waals surface area contributed by atoms with E-state index in [-0.39, 0.29) is 10.8 Å². The highest BCUT2D eigenvalue weighted by atomic mass is 35.5. The van der Waals surface area contributed by atoms with Gasteiger partial charge in [0.05, 0.1) is 33.0 Å². The fourth-order valence-corrected chi connectivity index (χ4v) is 6.65. The van der Waals surface area contributed by atoms with Gasteiger partial charge in [-0.1, -0.05) is 17.7 Å². The smallest absolute Gasteiger partial charge is 0.267 e. The molecule has 1 N–H and O–H groups in total. The van der Waals surface area contributed by atoms with Crippen LogP contribution >= 0.6 is 34.3 Å². The van der Waals surface area contributed by atoms with Crippen molar-refractivity contribution in [3.8, 4) is 9.88 Å². The van der Waals surface area contributed by atoms with E-state index in [0.717, 1.165) is 15.4 Å². The van der Waals surface area contributed by atoms with E-state index >= 15 is 0 Å². The van der Waals surface area contributed by atoms with Crippen LogP contribution in [0.3, 0.4) is 0 Å². The molecule has 3 aromatic rings. The van der Waals surface area contributed by atoms with Crippen molar-refractivity contribution >= 4 is 55.9 Å². The Labute approximate surface area is 193 Å². The number of nitrogens with one attached hydrogen (secondary N) is 1. The summed E-state index contributed by atoms with van der Waals surface area (Å²) in [6, 6.07) is 8.43. The molecule has 31 heavy (non-hydrogen) atoms. The molecule has 11 heteroatoms. The van der Waals surface area contributed by atoms with Crippen LogP contribution in [0.4, 0.5) is 5.69 Å².